The summed E-state index contributed by atoms with van der Waals surface area (Å²) in [5.41, 5.74) is 0.485. The number of rotatable bonds is 6. The number of aromatic nitrogens is 3. The molecule has 1 aliphatic carbocycles. The molecule has 0 aliphatic heterocycles. The Hall–Kier alpha value is -3.25. The summed E-state index contributed by atoms with van der Waals surface area (Å²) in [5.74, 6) is -0.395. The highest BCUT2D eigenvalue weighted by Gasteiger charge is 2.38. The molecule has 0 atom stereocenters. The van der Waals surface area contributed by atoms with Crippen LogP contribution in [0, 0.1) is 23.0 Å². The van der Waals surface area contributed by atoms with Gasteiger partial charge in [-0.3, -0.25) is 9.36 Å². The summed E-state index contributed by atoms with van der Waals surface area (Å²) in [4.78, 5) is 14.6. The lowest BCUT2D eigenvalue weighted by Crippen LogP contribution is -2.50. The molecule has 1 fully saturated rings. The normalized spacial score (nSPS) is 15.1. The molecule has 1 aliphatic rings. The molecule has 1 heterocycles. The predicted octanol–water partition coefficient (Wildman–Crippen LogP) is 4.99. The van der Waals surface area contributed by atoms with E-state index in [1.165, 1.54) is 36.0 Å². The zero-order valence-electron chi connectivity index (χ0n) is 18.2. The molecule has 1 amide bonds. The van der Waals surface area contributed by atoms with E-state index in [9.17, 15) is 18.8 Å². The quantitative estimate of drug-likeness (QED) is 0.478. The van der Waals surface area contributed by atoms with Gasteiger partial charge in [-0.1, -0.05) is 31.0 Å². The monoisotopic (exact) mass is 467 g/mol. The number of nitriles is 1. The number of nitrogens with zero attached hydrogens (tertiary/aromatic N) is 5. The van der Waals surface area contributed by atoms with Crippen LogP contribution in [0.25, 0.3) is 17.1 Å². The number of hydrogen-bond donors (Lipinski definition) is 0. The smallest absolute Gasteiger partial charge is 0.234 e. The number of amides is 1. The number of hydrogen-bond acceptors (Lipinski definition) is 5. The van der Waals surface area contributed by atoms with Crippen molar-refractivity contribution in [2.24, 2.45) is 0 Å². The van der Waals surface area contributed by atoms with Gasteiger partial charge in [-0.15, -0.1) is 10.2 Å². The SMILES string of the molecule is CN(C(=O)CSc1nnc(-c2ccc(F)cc2)n1-c1ccc(F)cc1)C1(C#N)CCCCC1. The summed E-state index contributed by atoms with van der Waals surface area (Å²) in [6, 6.07) is 14.1. The summed E-state index contributed by atoms with van der Waals surface area (Å²) in [7, 11) is 1.69. The van der Waals surface area contributed by atoms with Crippen LogP contribution in [0.4, 0.5) is 8.78 Å². The Morgan fingerprint density at radius 1 is 1.06 bits per heavy atom. The highest BCUT2D eigenvalue weighted by atomic mass is 32.2. The number of halogens is 2. The van der Waals surface area contributed by atoms with Crippen LogP contribution in [-0.4, -0.2) is 43.9 Å². The Labute approximate surface area is 195 Å². The van der Waals surface area contributed by atoms with Crippen LogP contribution in [0.3, 0.4) is 0 Å². The minimum absolute atomic E-state index is 0.0721. The number of carbonyl (C=O) groups excluding carboxylic acids is 1. The van der Waals surface area contributed by atoms with E-state index >= 15 is 0 Å². The van der Waals surface area contributed by atoms with E-state index in [0.717, 1.165) is 19.3 Å². The first-order valence-corrected chi connectivity index (χ1v) is 11.7. The van der Waals surface area contributed by atoms with Crippen molar-refractivity contribution in [3.05, 3.63) is 60.2 Å². The Morgan fingerprint density at radius 2 is 1.67 bits per heavy atom. The number of carbonyl (C=O) groups is 1. The zero-order valence-corrected chi connectivity index (χ0v) is 19.0. The molecule has 0 radical (unpaired) electrons. The van der Waals surface area contributed by atoms with Crippen LogP contribution in [0.1, 0.15) is 32.1 Å². The fourth-order valence-corrected chi connectivity index (χ4v) is 4.96. The van der Waals surface area contributed by atoms with Gasteiger partial charge in [0, 0.05) is 18.3 Å². The maximum absolute atomic E-state index is 13.5. The van der Waals surface area contributed by atoms with E-state index in [-0.39, 0.29) is 23.3 Å². The molecular weight excluding hydrogens is 444 g/mol. The molecule has 0 spiro atoms. The van der Waals surface area contributed by atoms with Crippen molar-refractivity contribution in [3.8, 4) is 23.1 Å². The average molecular weight is 468 g/mol. The van der Waals surface area contributed by atoms with Crippen molar-refractivity contribution in [2.45, 2.75) is 42.8 Å². The van der Waals surface area contributed by atoms with E-state index in [1.807, 2.05) is 0 Å². The van der Waals surface area contributed by atoms with Crippen molar-refractivity contribution >= 4 is 17.7 Å². The first-order valence-electron chi connectivity index (χ1n) is 10.7. The molecule has 2 aromatic carbocycles. The summed E-state index contributed by atoms with van der Waals surface area (Å²) in [5, 5.41) is 18.7. The first kappa shape index (κ1) is 22.9. The van der Waals surface area contributed by atoms with Gasteiger partial charge >= 0.3 is 0 Å². The highest BCUT2D eigenvalue weighted by Crippen LogP contribution is 2.34. The summed E-state index contributed by atoms with van der Waals surface area (Å²) in [6.45, 7) is 0. The topological polar surface area (TPSA) is 74.8 Å². The fourth-order valence-electron chi connectivity index (χ4n) is 4.09. The minimum Gasteiger partial charge on any atom is -0.326 e. The molecule has 6 nitrogen and oxygen atoms in total. The van der Waals surface area contributed by atoms with E-state index < -0.39 is 5.54 Å². The average Bonchev–Trinajstić information content (AvgIpc) is 3.27. The van der Waals surface area contributed by atoms with Crippen LogP contribution in [0.5, 0.6) is 0 Å². The Balaban J connectivity index is 1.61. The summed E-state index contributed by atoms with van der Waals surface area (Å²) in [6.07, 6.45) is 4.29. The van der Waals surface area contributed by atoms with Gasteiger partial charge in [-0.25, -0.2) is 8.78 Å². The van der Waals surface area contributed by atoms with Crippen LogP contribution in [-0.2, 0) is 4.79 Å². The first-order chi connectivity index (χ1) is 15.9. The van der Waals surface area contributed by atoms with E-state index in [1.54, 1.807) is 40.8 Å². The summed E-state index contributed by atoms with van der Waals surface area (Å²) < 4.78 is 28.7. The standard InChI is InChI=1S/C24H23F2N5OS/c1-30(24(16-27)13-3-2-4-14-24)21(32)15-33-23-29-28-22(17-5-7-18(25)8-6-17)31(23)20-11-9-19(26)10-12-20/h5-12H,2-4,13-15H2,1H3. The van der Waals surface area contributed by atoms with Crippen molar-refractivity contribution < 1.29 is 13.6 Å². The molecule has 1 aromatic heterocycles. The lowest BCUT2D eigenvalue weighted by molar-refractivity contribution is -0.131. The largest absolute Gasteiger partial charge is 0.326 e. The minimum atomic E-state index is -0.764. The molecule has 33 heavy (non-hydrogen) atoms. The van der Waals surface area contributed by atoms with Crippen LogP contribution in [0.2, 0.25) is 0 Å². The predicted molar refractivity (Wildman–Crippen MR) is 122 cm³/mol. The third kappa shape index (κ3) is 4.76. The van der Waals surface area contributed by atoms with Crippen LogP contribution >= 0.6 is 11.8 Å². The maximum Gasteiger partial charge on any atom is 0.234 e. The second kappa shape index (κ2) is 9.71. The fraction of sp³-hybridized carbons (Fsp3) is 0.333. The van der Waals surface area contributed by atoms with Crippen LogP contribution < -0.4 is 0 Å². The highest BCUT2D eigenvalue weighted by molar-refractivity contribution is 7.99. The molecule has 9 heteroatoms. The van der Waals surface area contributed by atoms with Gasteiger partial charge in [0.1, 0.15) is 17.2 Å². The van der Waals surface area contributed by atoms with E-state index in [4.69, 9.17) is 0 Å². The lowest BCUT2D eigenvalue weighted by Gasteiger charge is -2.39. The maximum atomic E-state index is 13.5. The number of benzene rings is 2. The second-order valence-electron chi connectivity index (χ2n) is 8.07. The Morgan fingerprint density at radius 3 is 2.27 bits per heavy atom. The molecule has 3 aromatic rings. The zero-order chi connectivity index (χ0) is 23.4. The van der Waals surface area contributed by atoms with Gasteiger partial charge in [0.15, 0.2) is 11.0 Å². The molecule has 1 saturated carbocycles. The van der Waals surface area contributed by atoms with Gasteiger partial charge in [-0.2, -0.15) is 5.26 Å². The second-order valence-corrected chi connectivity index (χ2v) is 9.01. The molecule has 4 rings (SSSR count). The van der Waals surface area contributed by atoms with Crippen molar-refractivity contribution in [3.63, 3.8) is 0 Å². The van der Waals surface area contributed by atoms with Crippen molar-refractivity contribution in [1.82, 2.24) is 19.7 Å². The van der Waals surface area contributed by atoms with Gasteiger partial charge < -0.3 is 4.90 Å². The lowest BCUT2D eigenvalue weighted by atomic mass is 9.81. The molecular formula is C24H23F2N5OS. The van der Waals surface area contributed by atoms with Gasteiger partial charge in [-0.05, 0) is 61.4 Å². The van der Waals surface area contributed by atoms with Gasteiger partial charge in [0.05, 0.1) is 11.8 Å². The molecule has 0 saturated heterocycles. The molecule has 170 valence electrons. The molecule has 0 N–H and O–H groups in total. The number of thioether (sulfide) groups is 1. The Kier molecular flexibility index (Phi) is 6.75. The van der Waals surface area contributed by atoms with E-state index in [0.29, 0.717) is 35.1 Å². The van der Waals surface area contributed by atoms with Crippen LogP contribution in [0.15, 0.2) is 53.7 Å². The third-order valence-electron chi connectivity index (χ3n) is 6.05. The van der Waals surface area contributed by atoms with Gasteiger partial charge in [0.2, 0.25) is 5.91 Å². The summed E-state index contributed by atoms with van der Waals surface area (Å²) >= 11 is 1.20. The molecule has 0 unspecified atom stereocenters. The van der Waals surface area contributed by atoms with Gasteiger partial charge in [0.25, 0.3) is 0 Å². The van der Waals surface area contributed by atoms with Crippen molar-refractivity contribution in [2.75, 3.05) is 12.8 Å². The Bertz CT molecular complexity index is 1170. The third-order valence-corrected chi connectivity index (χ3v) is 6.96. The van der Waals surface area contributed by atoms with Crippen molar-refractivity contribution in [1.29, 1.82) is 5.26 Å². The molecule has 0 bridgehead atoms. The van der Waals surface area contributed by atoms with E-state index in [2.05, 4.69) is 16.3 Å².